The first-order valence-corrected chi connectivity index (χ1v) is 8.93. The second-order valence-corrected chi connectivity index (χ2v) is 7.31. The Bertz CT molecular complexity index is 895. The molecular formula is C20H14OSe. The molecule has 0 spiro atoms. The molecule has 0 saturated heterocycles. The molecule has 2 heteroatoms. The van der Waals surface area contributed by atoms with Gasteiger partial charge in [-0.25, -0.2) is 0 Å². The predicted octanol–water partition coefficient (Wildman–Crippen LogP) is 3.75. The van der Waals surface area contributed by atoms with E-state index in [1.807, 2.05) is 18.2 Å². The zero-order valence-electron chi connectivity index (χ0n) is 11.9. The fraction of sp³-hybridized carbons (Fsp3) is 0. The van der Waals surface area contributed by atoms with Gasteiger partial charge in [0.05, 0.1) is 0 Å². The fourth-order valence-corrected chi connectivity index (χ4v) is 4.73. The summed E-state index contributed by atoms with van der Waals surface area (Å²) in [5.74, 6) is 1.01. The van der Waals surface area contributed by atoms with Crippen LogP contribution in [0.5, 0.6) is 0 Å². The van der Waals surface area contributed by atoms with E-state index < -0.39 is 0 Å². The number of rotatable bonds is 3. The first kappa shape index (κ1) is 13.4. The molecule has 3 aromatic carbocycles. The SMILES string of the molecule is c1ccc([Se]c2c(-c3ccccc3)oc3ccccc23)cc1. The molecule has 0 atom stereocenters. The van der Waals surface area contributed by atoms with Gasteiger partial charge in [0.25, 0.3) is 0 Å². The van der Waals surface area contributed by atoms with Crippen molar-refractivity contribution < 1.29 is 4.42 Å². The molecule has 0 saturated carbocycles. The summed E-state index contributed by atoms with van der Waals surface area (Å²) in [5.41, 5.74) is 2.11. The van der Waals surface area contributed by atoms with Crippen LogP contribution < -0.4 is 8.92 Å². The normalized spacial score (nSPS) is 10.9. The summed E-state index contributed by atoms with van der Waals surface area (Å²) in [6.45, 7) is 0. The molecule has 22 heavy (non-hydrogen) atoms. The fourth-order valence-electron chi connectivity index (χ4n) is 2.51. The molecule has 0 aliphatic carbocycles. The zero-order chi connectivity index (χ0) is 14.8. The van der Waals surface area contributed by atoms with E-state index in [-0.39, 0.29) is 15.0 Å². The molecule has 0 amide bonds. The van der Waals surface area contributed by atoms with Gasteiger partial charge >= 0.3 is 136 Å². The Morgan fingerprint density at radius 2 is 1.27 bits per heavy atom. The summed E-state index contributed by atoms with van der Waals surface area (Å²) >= 11 is 0.221. The third-order valence-electron chi connectivity index (χ3n) is 3.55. The van der Waals surface area contributed by atoms with Gasteiger partial charge in [-0.1, -0.05) is 0 Å². The molecule has 4 rings (SSSR count). The molecule has 1 aromatic heterocycles. The van der Waals surface area contributed by atoms with Crippen LogP contribution in [0.2, 0.25) is 0 Å². The number of benzene rings is 3. The van der Waals surface area contributed by atoms with E-state index in [0.29, 0.717) is 0 Å². The van der Waals surface area contributed by atoms with Gasteiger partial charge in [0.2, 0.25) is 0 Å². The molecule has 0 aliphatic rings. The van der Waals surface area contributed by atoms with E-state index in [2.05, 4.69) is 66.7 Å². The summed E-state index contributed by atoms with van der Waals surface area (Å²) in [7, 11) is 0. The molecular weight excluding hydrogens is 335 g/mol. The average molecular weight is 349 g/mol. The van der Waals surface area contributed by atoms with Gasteiger partial charge < -0.3 is 0 Å². The standard InChI is InChI=1S/C20H14OSe/c1-3-9-15(10-4-1)19-20(22-16-11-5-2-6-12-16)17-13-7-8-14-18(17)21-19/h1-14H. The van der Waals surface area contributed by atoms with Crippen molar-refractivity contribution in [3.63, 3.8) is 0 Å². The molecule has 0 unspecified atom stereocenters. The molecule has 0 fully saturated rings. The Labute approximate surface area is 135 Å². The van der Waals surface area contributed by atoms with Crippen molar-refractivity contribution in [3.05, 3.63) is 84.9 Å². The number of para-hydroxylation sites is 1. The Hall–Kier alpha value is -2.28. The van der Waals surface area contributed by atoms with E-state index >= 15 is 0 Å². The minimum atomic E-state index is 0.221. The van der Waals surface area contributed by atoms with Crippen molar-refractivity contribution in [2.24, 2.45) is 0 Å². The van der Waals surface area contributed by atoms with Crippen LogP contribution in [-0.4, -0.2) is 15.0 Å². The quantitative estimate of drug-likeness (QED) is 0.514. The predicted molar refractivity (Wildman–Crippen MR) is 93.1 cm³/mol. The molecule has 4 aromatic rings. The summed E-state index contributed by atoms with van der Waals surface area (Å²) in [5, 5.41) is 1.23. The molecule has 0 bridgehead atoms. The Morgan fingerprint density at radius 1 is 0.636 bits per heavy atom. The number of furan rings is 1. The van der Waals surface area contributed by atoms with Gasteiger partial charge in [0.15, 0.2) is 0 Å². The maximum absolute atomic E-state index is 6.17. The van der Waals surface area contributed by atoms with Crippen molar-refractivity contribution in [1.29, 1.82) is 0 Å². The number of fused-ring (bicyclic) bond motifs is 1. The first-order valence-electron chi connectivity index (χ1n) is 7.22. The van der Waals surface area contributed by atoms with Crippen LogP contribution in [0, 0.1) is 0 Å². The van der Waals surface area contributed by atoms with Crippen molar-refractivity contribution in [2.45, 2.75) is 0 Å². The summed E-state index contributed by atoms with van der Waals surface area (Å²) in [4.78, 5) is 0. The van der Waals surface area contributed by atoms with Crippen molar-refractivity contribution in [3.8, 4) is 11.3 Å². The topological polar surface area (TPSA) is 13.1 Å². The van der Waals surface area contributed by atoms with Crippen molar-refractivity contribution in [1.82, 2.24) is 0 Å². The summed E-state index contributed by atoms with van der Waals surface area (Å²) < 4.78 is 8.85. The molecule has 1 heterocycles. The van der Waals surface area contributed by atoms with Crippen molar-refractivity contribution >= 4 is 34.8 Å². The van der Waals surface area contributed by atoms with Gasteiger partial charge in [-0.15, -0.1) is 0 Å². The van der Waals surface area contributed by atoms with E-state index in [1.54, 1.807) is 0 Å². The Morgan fingerprint density at radius 3 is 2.05 bits per heavy atom. The van der Waals surface area contributed by atoms with Gasteiger partial charge in [-0.2, -0.15) is 0 Å². The summed E-state index contributed by atoms with van der Waals surface area (Å²) in [6.07, 6.45) is 0. The zero-order valence-corrected chi connectivity index (χ0v) is 13.6. The van der Waals surface area contributed by atoms with Crippen LogP contribution in [-0.2, 0) is 0 Å². The van der Waals surface area contributed by atoms with Crippen LogP contribution in [0.4, 0.5) is 0 Å². The van der Waals surface area contributed by atoms with Crippen LogP contribution in [0.3, 0.4) is 0 Å². The number of hydrogen-bond acceptors (Lipinski definition) is 1. The van der Waals surface area contributed by atoms with Gasteiger partial charge in [0, 0.05) is 0 Å². The third-order valence-corrected chi connectivity index (χ3v) is 5.89. The molecule has 0 radical (unpaired) electrons. The van der Waals surface area contributed by atoms with E-state index in [1.165, 1.54) is 14.3 Å². The van der Waals surface area contributed by atoms with Crippen LogP contribution >= 0.6 is 0 Å². The third kappa shape index (κ3) is 2.48. The average Bonchev–Trinajstić information content (AvgIpc) is 2.95. The first-order chi connectivity index (χ1) is 10.9. The molecule has 1 nitrogen and oxygen atoms in total. The van der Waals surface area contributed by atoms with Gasteiger partial charge in [0.1, 0.15) is 0 Å². The van der Waals surface area contributed by atoms with Gasteiger partial charge in [-0.05, 0) is 0 Å². The van der Waals surface area contributed by atoms with E-state index in [4.69, 9.17) is 4.42 Å². The monoisotopic (exact) mass is 350 g/mol. The van der Waals surface area contributed by atoms with Crippen molar-refractivity contribution in [2.75, 3.05) is 0 Å². The van der Waals surface area contributed by atoms with E-state index in [9.17, 15) is 0 Å². The Kier molecular flexibility index (Phi) is 3.55. The van der Waals surface area contributed by atoms with Crippen LogP contribution in [0.25, 0.3) is 22.3 Å². The number of hydrogen-bond donors (Lipinski definition) is 0. The molecule has 0 N–H and O–H groups in total. The molecule has 0 aliphatic heterocycles. The second kappa shape index (κ2) is 5.84. The minimum absolute atomic E-state index is 0.221. The van der Waals surface area contributed by atoms with E-state index in [0.717, 1.165) is 16.9 Å². The second-order valence-electron chi connectivity index (χ2n) is 5.04. The molecule has 106 valence electrons. The maximum atomic E-state index is 6.17. The summed E-state index contributed by atoms with van der Waals surface area (Å²) in [6, 6.07) is 29.3. The van der Waals surface area contributed by atoms with Crippen LogP contribution in [0.1, 0.15) is 0 Å². The Balaban J connectivity index is 1.91. The van der Waals surface area contributed by atoms with Gasteiger partial charge in [-0.3, -0.25) is 0 Å². The van der Waals surface area contributed by atoms with Crippen LogP contribution in [0.15, 0.2) is 89.3 Å².